The van der Waals surface area contributed by atoms with Crippen molar-refractivity contribution in [3.63, 3.8) is 0 Å². The number of nitrogens with two attached hydrogens (primary N) is 1. The molecule has 0 unspecified atom stereocenters. The van der Waals surface area contributed by atoms with Gasteiger partial charge in [-0.3, -0.25) is 0 Å². The highest BCUT2D eigenvalue weighted by Gasteiger charge is 2.07. The Hall–Kier alpha value is -1.83. The molecule has 1 aromatic heterocycles. The van der Waals surface area contributed by atoms with Crippen LogP contribution in [0.15, 0.2) is 28.8 Å². The van der Waals surface area contributed by atoms with Gasteiger partial charge in [-0.15, -0.1) is 0 Å². The van der Waals surface area contributed by atoms with Crippen molar-refractivity contribution in [2.24, 2.45) is 5.73 Å². The van der Waals surface area contributed by atoms with E-state index in [-0.39, 0.29) is 0 Å². The van der Waals surface area contributed by atoms with E-state index in [0.29, 0.717) is 28.6 Å². The third kappa shape index (κ3) is 2.06. The van der Waals surface area contributed by atoms with E-state index in [0.717, 1.165) is 5.56 Å². The van der Waals surface area contributed by atoms with Gasteiger partial charge in [0.1, 0.15) is 0 Å². The van der Waals surface area contributed by atoms with Crippen LogP contribution in [0.25, 0.3) is 11.3 Å². The fourth-order valence-corrected chi connectivity index (χ4v) is 1.58. The molecule has 1 aromatic carbocycles. The molecule has 0 fully saturated rings. The van der Waals surface area contributed by atoms with Crippen LogP contribution in [-0.2, 0) is 6.54 Å². The molecule has 16 heavy (non-hydrogen) atoms. The van der Waals surface area contributed by atoms with Crippen LogP contribution in [0.5, 0.6) is 0 Å². The summed E-state index contributed by atoms with van der Waals surface area (Å²) in [5.41, 5.74) is 7.29. The summed E-state index contributed by atoms with van der Waals surface area (Å²) >= 11 is 5.88. The second-order valence-electron chi connectivity index (χ2n) is 3.23. The molecule has 0 aliphatic carbocycles. The lowest BCUT2D eigenvalue weighted by molar-refractivity contribution is 0.424. The molecule has 0 spiro atoms. The Morgan fingerprint density at radius 3 is 2.81 bits per heavy atom. The normalized spacial score (nSPS) is 10.1. The largest absolute Gasteiger partial charge is 0.356 e. The smallest absolute Gasteiger partial charge is 0.167 e. The lowest BCUT2D eigenvalue weighted by Crippen LogP contribution is -1.94. The zero-order valence-electron chi connectivity index (χ0n) is 8.27. The first-order valence-corrected chi connectivity index (χ1v) is 4.97. The topological polar surface area (TPSA) is 75.8 Å². The third-order valence-electron chi connectivity index (χ3n) is 2.08. The van der Waals surface area contributed by atoms with Crippen molar-refractivity contribution < 1.29 is 4.52 Å². The van der Waals surface area contributed by atoms with Gasteiger partial charge in [0.05, 0.1) is 17.3 Å². The van der Waals surface area contributed by atoms with Crippen LogP contribution in [0.4, 0.5) is 0 Å². The molecule has 2 aromatic rings. The van der Waals surface area contributed by atoms with Crippen LogP contribution < -0.4 is 5.73 Å². The fraction of sp³-hybridized carbons (Fsp3) is 0.0909. The number of hydrogen-bond acceptors (Lipinski definition) is 4. The minimum Gasteiger partial charge on any atom is -0.356 e. The van der Waals surface area contributed by atoms with Crippen LogP contribution in [-0.4, -0.2) is 5.16 Å². The monoisotopic (exact) mass is 233 g/mol. The van der Waals surface area contributed by atoms with Crippen LogP contribution in [0.1, 0.15) is 11.3 Å². The Morgan fingerprint density at radius 1 is 1.38 bits per heavy atom. The Kier molecular flexibility index (Phi) is 2.91. The zero-order valence-corrected chi connectivity index (χ0v) is 9.03. The number of nitriles is 1. The summed E-state index contributed by atoms with van der Waals surface area (Å²) in [6.45, 7) is 0.315. The summed E-state index contributed by atoms with van der Waals surface area (Å²) in [7, 11) is 0. The molecule has 0 saturated carbocycles. The van der Waals surface area contributed by atoms with Gasteiger partial charge in [-0.05, 0) is 18.2 Å². The van der Waals surface area contributed by atoms with Crippen molar-refractivity contribution in [3.05, 3.63) is 40.5 Å². The molecule has 80 valence electrons. The van der Waals surface area contributed by atoms with Gasteiger partial charge in [-0.25, -0.2) is 0 Å². The second-order valence-corrected chi connectivity index (χ2v) is 3.66. The zero-order chi connectivity index (χ0) is 11.5. The lowest BCUT2D eigenvalue weighted by Gasteiger charge is -1.97. The third-order valence-corrected chi connectivity index (χ3v) is 2.30. The van der Waals surface area contributed by atoms with Gasteiger partial charge in [0.25, 0.3) is 0 Å². The predicted molar refractivity (Wildman–Crippen MR) is 59.6 cm³/mol. The maximum Gasteiger partial charge on any atom is 0.167 e. The molecule has 2 rings (SSSR count). The molecule has 0 saturated heterocycles. The van der Waals surface area contributed by atoms with Crippen LogP contribution in [0.2, 0.25) is 5.02 Å². The molecule has 5 heteroatoms. The van der Waals surface area contributed by atoms with E-state index in [9.17, 15) is 0 Å². The second kappa shape index (κ2) is 4.35. The fourth-order valence-electron chi connectivity index (χ4n) is 1.34. The molecular formula is C11H8ClN3O. The summed E-state index contributed by atoms with van der Waals surface area (Å²) in [5.74, 6) is 0.555. The average molecular weight is 234 g/mol. The van der Waals surface area contributed by atoms with E-state index < -0.39 is 0 Å². The highest BCUT2D eigenvalue weighted by atomic mass is 35.5. The van der Waals surface area contributed by atoms with Gasteiger partial charge in [0.15, 0.2) is 5.76 Å². The highest BCUT2D eigenvalue weighted by Crippen LogP contribution is 2.25. The van der Waals surface area contributed by atoms with E-state index >= 15 is 0 Å². The number of halogens is 1. The maximum absolute atomic E-state index is 8.81. The summed E-state index contributed by atoms with van der Waals surface area (Å²) in [6.07, 6.45) is 0. The van der Waals surface area contributed by atoms with Gasteiger partial charge in [0, 0.05) is 23.2 Å². The lowest BCUT2D eigenvalue weighted by atomic mass is 10.1. The van der Waals surface area contributed by atoms with Gasteiger partial charge in [-0.2, -0.15) is 5.26 Å². The minimum atomic E-state index is 0.315. The van der Waals surface area contributed by atoms with Crippen molar-refractivity contribution in [1.29, 1.82) is 5.26 Å². The molecule has 0 bridgehead atoms. The van der Waals surface area contributed by atoms with Crippen molar-refractivity contribution in [2.75, 3.05) is 0 Å². The Balaban J connectivity index is 2.47. The van der Waals surface area contributed by atoms with Crippen LogP contribution in [0, 0.1) is 11.3 Å². The molecule has 0 aliphatic heterocycles. The number of rotatable bonds is 2. The number of aromatic nitrogens is 1. The maximum atomic E-state index is 8.81. The highest BCUT2D eigenvalue weighted by molar-refractivity contribution is 6.31. The van der Waals surface area contributed by atoms with E-state index in [4.69, 9.17) is 27.1 Å². The first-order valence-electron chi connectivity index (χ1n) is 4.59. The quantitative estimate of drug-likeness (QED) is 0.864. The van der Waals surface area contributed by atoms with Gasteiger partial charge in [0.2, 0.25) is 0 Å². The van der Waals surface area contributed by atoms with Crippen molar-refractivity contribution in [2.45, 2.75) is 6.54 Å². The molecule has 0 radical (unpaired) electrons. The Morgan fingerprint density at radius 2 is 2.19 bits per heavy atom. The van der Waals surface area contributed by atoms with Crippen molar-refractivity contribution >= 4 is 11.6 Å². The standard InChI is InChI=1S/C11H8ClN3O/c12-9-2-7(5-13)1-8(3-9)11-4-10(6-14)15-16-11/h1-4H,6,14H2. The molecular weight excluding hydrogens is 226 g/mol. The predicted octanol–water partition coefficient (Wildman–Crippen LogP) is 2.33. The van der Waals surface area contributed by atoms with Gasteiger partial charge >= 0.3 is 0 Å². The molecule has 0 aliphatic rings. The van der Waals surface area contributed by atoms with E-state index in [1.54, 1.807) is 24.3 Å². The van der Waals surface area contributed by atoms with E-state index in [1.807, 2.05) is 6.07 Å². The van der Waals surface area contributed by atoms with Crippen molar-refractivity contribution in [1.82, 2.24) is 5.16 Å². The summed E-state index contributed by atoms with van der Waals surface area (Å²) in [6, 6.07) is 8.74. The number of benzene rings is 1. The molecule has 4 nitrogen and oxygen atoms in total. The minimum absolute atomic E-state index is 0.315. The summed E-state index contributed by atoms with van der Waals surface area (Å²) in [5, 5.41) is 13.1. The number of nitrogens with zero attached hydrogens (tertiary/aromatic N) is 2. The van der Waals surface area contributed by atoms with Crippen molar-refractivity contribution in [3.8, 4) is 17.4 Å². The average Bonchev–Trinajstić information content (AvgIpc) is 2.76. The molecule has 1 heterocycles. The van der Waals surface area contributed by atoms with Gasteiger partial charge in [-0.1, -0.05) is 16.8 Å². The van der Waals surface area contributed by atoms with Crippen LogP contribution in [0.3, 0.4) is 0 Å². The summed E-state index contributed by atoms with van der Waals surface area (Å²) < 4.78 is 5.10. The Bertz CT molecular complexity index is 557. The first-order chi connectivity index (χ1) is 7.72. The Labute approximate surface area is 97.2 Å². The SMILES string of the molecule is N#Cc1cc(Cl)cc(-c2cc(CN)no2)c1. The molecule has 0 atom stereocenters. The molecule has 2 N–H and O–H groups in total. The van der Waals surface area contributed by atoms with Gasteiger partial charge < -0.3 is 10.3 Å². The van der Waals surface area contributed by atoms with Crippen LogP contribution >= 0.6 is 11.6 Å². The number of hydrogen-bond donors (Lipinski definition) is 1. The van der Waals surface area contributed by atoms with E-state index in [1.165, 1.54) is 0 Å². The molecule has 0 amide bonds. The first kappa shape index (κ1) is 10.7. The van der Waals surface area contributed by atoms with E-state index in [2.05, 4.69) is 5.16 Å². The summed E-state index contributed by atoms with van der Waals surface area (Å²) in [4.78, 5) is 0.